The van der Waals surface area contributed by atoms with Gasteiger partial charge in [-0.25, -0.2) is 4.79 Å². The third-order valence-electron chi connectivity index (χ3n) is 3.66. The number of hydrogen-bond acceptors (Lipinski definition) is 5. The standard InChI is InChI=1S/C16H17N3O3S/c1-22-13-8-3-2-6-12(13)17-14(20)9-23-15-10-5-4-7-11(10)18-16(21)19-15/h2-3,6,8H,4-5,7,9H2,1H3,(H,17,20)(H,18,19,21). The molecule has 1 aromatic carbocycles. The van der Waals surface area contributed by atoms with Crippen molar-refractivity contribution in [1.29, 1.82) is 0 Å². The first kappa shape index (κ1) is 15.6. The van der Waals surface area contributed by atoms with Gasteiger partial charge in [0.1, 0.15) is 10.8 Å². The molecule has 6 nitrogen and oxygen atoms in total. The Hall–Kier alpha value is -2.28. The Bertz CT molecular complexity index is 788. The van der Waals surface area contributed by atoms with Crippen LogP contribution < -0.4 is 15.7 Å². The van der Waals surface area contributed by atoms with E-state index < -0.39 is 0 Å². The minimum absolute atomic E-state index is 0.159. The maximum absolute atomic E-state index is 12.1. The van der Waals surface area contributed by atoms with E-state index in [1.165, 1.54) is 11.8 Å². The number of aryl methyl sites for hydroxylation is 1. The highest BCUT2D eigenvalue weighted by atomic mass is 32.2. The van der Waals surface area contributed by atoms with Crippen LogP contribution in [-0.4, -0.2) is 28.7 Å². The molecule has 120 valence electrons. The molecule has 1 amide bonds. The summed E-state index contributed by atoms with van der Waals surface area (Å²) in [6.45, 7) is 0. The molecule has 1 heterocycles. The van der Waals surface area contributed by atoms with Gasteiger partial charge in [0.25, 0.3) is 0 Å². The number of fused-ring (bicyclic) bond motifs is 1. The van der Waals surface area contributed by atoms with Gasteiger partial charge < -0.3 is 15.0 Å². The zero-order chi connectivity index (χ0) is 16.2. The number of ether oxygens (including phenoxy) is 1. The number of nitrogens with zero attached hydrogens (tertiary/aromatic N) is 1. The molecule has 0 fully saturated rings. The second-order valence-electron chi connectivity index (χ2n) is 5.19. The maximum atomic E-state index is 12.1. The third-order valence-corrected chi connectivity index (χ3v) is 4.68. The van der Waals surface area contributed by atoms with E-state index in [9.17, 15) is 9.59 Å². The highest BCUT2D eigenvalue weighted by Gasteiger charge is 2.19. The molecule has 0 saturated heterocycles. The monoisotopic (exact) mass is 331 g/mol. The van der Waals surface area contributed by atoms with Crippen LogP contribution >= 0.6 is 11.8 Å². The zero-order valence-corrected chi connectivity index (χ0v) is 13.5. The number of amides is 1. The molecule has 0 atom stereocenters. The van der Waals surface area contributed by atoms with Gasteiger partial charge >= 0.3 is 5.69 Å². The molecule has 3 rings (SSSR count). The average molecular weight is 331 g/mol. The van der Waals surface area contributed by atoms with Crippen LogP contribution in [0.1, 0.15) is 17.7 Å². The lowest BCUT2D eigenvalue weighted by Gasteiger charge is -2.10. The van der Waals surface area contributed by atoms with Gasteiger partial charge in [0.2, 0.25) is 5.91 Å². The van der Waals surface area contributed by atoms with Crippen molar-refractivity contribution < 1.29 is 9.53 Å². The van der Waals surface area contributed by atoms with Gasteiger partial charge in [-0.05, 0) is 31.4 Å². The van der Waals surface area contributed by atoms with Crippen molar-refractivity contribution in [3.05, 3.63) is 46.0 Å². The van der Waals surface area contributed by atoms with Crippen LogP contribution in [0.2, 0.25) is 0 Å². The van der Waals surface area contributed by atoms with E-state index in [4.69, 9.17) is 4.74 Å². The Morgan fingerprint density at radius 3 is 3.04 bits per heavy atom. The molecule has 2 N–H and O–H groups in total. The molecule has 23 heavy (non-hydrogen) atoms. The summed E-state index contributed by atoms with van der Waals surface area (Å²) in [4.78, 5) is 30.5. The van der Waals surface area contributed by atoms with Gasteiger partial charge in [-0.2, -0.15) is 4.98 Å². The lowest BCUT2D eigenvalue weighted by atomic mass is 10.3. The number of anilines is 1. The number of nitrogens with one attached hydrogen (secondary N) is 2. The highest BCUT2D eigenvalue weighted by Crippen LogP contribution is 2.28. The number of benzene rings is 1. The van der Waals surface area contributed by atoms with Crippen LogP contribution in [0.4, 0.5) is 5.69 Å². The van der Waals surface area contributed by atoms with Gasteiger partial charge in [-0.15, -0.1) is 0 Å². The Labute approximate surface area is 137 Å². The van der Waals surface area contributed by atoms with Crippen LogP contribution in [-0.2, 0) is 17.6 Å². The fraction of sp³-hybridized carbons (Fsp3) is 0.312. The Morgan fingerprint density at radius 2 is 2.22 bits per heavy atom. The van der Waals surface area contributed by atoms with Crippen molar-refractivity contribution in [2.24, 2.45) is 0 Å². The molecule has 0 saturated carbocycles. The van der Waals surface area contributed by atoms with Crippen molar-refractivity contribution in [2.45, 2.75) is 24.3 Å². The Balaban J connectivity index is 1.67. The van der Waals surface area contributed by atoms with Gasteiger partial charge in [-0.3, -0.25) is 4.79 Å². The summed E-state index contributed by atoms with van der Waals surface area (Å²) < 4.78 is 5.21. The van der Waals surface area contributed by atoms with E-state index in [-0.39, 0.29) is 17.3 Å². The second kappa shape index (κ2) is 6.87. The number of aromatic nitrogens is 2. The molecule has 0 unspecified atom stereocenters. The topological polar surface area (TPSA) is 84.1 Å². The minimum Gasteiger partial charge on any atom is -0.495 e. The molecule has 2 aromatic rings. The molecule has 1 aliphatic carbocycles. The van der Waals surface area contributed by atoms with Crippen molar-refractivity contribution in [3.63, 3.8) is 0 Å². The number of carbonyl (C=O) groups is 1. The first-order valence-corrected chi connectivity index (χ1v) is 8.33. The lowest BCUT2D eigenvalue weighted by molar-refractivity contribution is -0.113. The zero-order valence-electron chi connectivity index (χ0n) is 12.7. The quantitative estimate of drug-likeness (QED) is 0.647. The number of para-hydroxylation sites is 2. The van der Waals surface area contributed by atoms with Gasteiger partial charge in [0.15, 0.2) is 0 Å². The molecular formula is C16H17N3O3S. The molecule has 1 aromatic heterocycles. The predicted octanol–water partition coefficient (Wildman–Crippen LogP) is 2.00. The summed E-state index contributed by atoms with van der Waals surface area (Å²) in [5.74, 6) is 0.648. The summed E-state index contributed by atoms with van der Waals surface area (Å²) in [6, 6.07) is 7.24. The highest BCUT2D eigenvalue weighted by molar-refractivity contribution is 8.00. The summed E-state index contributed by atoms with van der Waals surface area (Å²) in [5, 5.41) is 3.48. The molecular weight excluding hydrogens is 314 g/mol. The van der Waals surface area contributed by atoms with Crippen molar-refractivity contribution in [2.75, 3.05) is 18.2 Å². The molecule has 0 bridgehead atoms. The number of hydrogen-bond donors (Lipinski definition) is 2. The van der Waals surface area contributed by atoms with Crippen molar-refractivity contribution in [3.8, 4) is 5.75 Å². The van der Waals surface area contributed by atoms with E-state index in [2.05, 4.69) is 15.3 Å². The second-order valence-corrected chi connectivity index (χ2v) is 6.16. The van der Waals surface area contributed by atoms with Crippen LogP contribution in [0.15, 0.2) is 34.1 Å². The van der Waals surface area contributed by atoms with Crippen molar-refractivity contribution in [1.82, 2.24) is 9.97 Å². The smallest absolute Gasteiger partial charge is 0.346 e. The fourth-order valence-corrected chi connectivity index (χ4v) is 3.51. The van der Waals surface area contributed by atoms with Crippen LogP contribution in [0.3, 0.4) is 0 Å². The average Bonchev–Trinajstić information content (AvgIpc) is 3.01. The first-order valence-electron chi connectivity index (χ1n) is 7.35. The van der Waals surface area contributed by atoms with Gasteiger partial charge in [-0.1, -0.05) is 23.9 Å². The first-order chi connectivity index (χ1) is 11.2. The van der Waals surface area contributed by atoms with E-state index in [0.29, 0.717) is 16.5 Å². The van der Waals surface area contributed by atoms with Crippen molar-refractivity contribution >= 4 is 23.4 Å². The van der Waals surface area contributed by atoms with Gasteiger partial charge in [0.05, 0.1) is 18.6 Å². The van der Waals surface area contributed by atoms with Crippen LogP contribution in [0.5, 0.6) is 5.75 Å². The number of thioether (sulfide) groups is 1. The molecule has 0 radical (unpaired) electrons. The largest absolute Gasteiger partial charge is 0.495 e. The van der Waals surface area contributed by atoms with E-state index in [1.807, 2.05) is 12.1 Å². The van der Waals surface area contributed by atoms with E-state index >= 15 is 0 Å². The Kier molecular flexibility index (Phi) is 4.66. The SMILES string of the molecule is COc1ccccc1NC(=O)CSc1nc(=O)[nH]c2c1CCC2. The molecule has 1 aliphatic rings. The van der Waals surface area contributed by atoms with Crippen LogP contribution in [0.25, 0.3) is 0 Å². The molecule has 7 heteroatoms. The summed E-state index contributed by atoms with van der Waals surface area (Å²) in [7, 11) is 1.56. The predicted molar refractivity (Wildman–Crippen MR) is 89.2 cm³/mol. The number of methoxy groups -OCH3 is 1. The number of H-pyrrole nitrogens is 1. The number of rotatable bonds is 5. The number of carbonyl (C=O) groups excluding carboxylic acids is 1. The van der Waals surface area contributed by atoms with E-state index in [0.717, 1.165) is 30.5 Å². The number of aromatic amines is 1. The van der Waals surface area contributed by atoms with E-state index in [1.54, 1.807) is 19.2 Å². The molecule has 0 aliphatic heterocycles. The molecule has 0 spiro atoms. The summed E-state index contributed by atoms with van der Waals surface area (Å²) in [6.07, 6.45) is 2.78. The Morgan fingerprint density at radius 1 is 1.39 bits per heavy atom. The van der Waals surface area contributed by atoms with Crippen LogP contribution in [0, 0.1) is 0 Å². The third kappa shape index (κ3) is 3.56. The normalized spacial score (nSPS) is 12.7. The minimum atomic E-state index is -0.349. The lowest BCUT2D eigenvalue weighted by Crippen LogP contribution is -2.17. The fourth-order valence-electron chi connectivity index (χ4n) is 2.62. The summed E-state index contributed by atoms with van der Waals surface area (Å²) >= 11 is 1.30. The summed E-state index contributed by atoms with van der Waals surface area (Å²) in [5.41, 5.74) is 2.31. The maximum Gasteiger partial charge on any atom is 0.346 e. The van der Waals surface area contributed by atoms with Gasteiger partial charge in [0, 0.05) is 11.3 Å².